The number of halogens is 1. The fraction of sp³-hybridized carbons (Fsp3) is 0.0833. The second-order valence-corrected chi connectivity index (χ2v) is 4.45. The fourth-order valence-corrected chi connectivity index (χ4v) is 1.91. The van der Waals surface area contributed by atoms with E-state index in [1.54, 1.807) is 12.1 Å². The zero-order valence-corrected chi connectivity index (χ0v) is 11.1. The molecule has 0 fully saturated rings. The molecule has 0 saturated carbocycles. The highest BCUT2D eigenvalue weighted by Gasteiger charge is 2.14. The molecule has 0 aliphatic rings. The quantitative estimate of drug-likeness (QED) is 0.894. The number of rotatable bonds is 2. The minimum atomic E-state index is -0.300. The summed E-state index contributed by atoms with van der Waals surface area (Å²) in [4.78, 5) is 12.1. The molecule has 0 aliphatic heterocycles. The van der Waals surface area contributed by atoms with Gasteiger partial charge in [0.25, 0.3) is 5.91 Å². The van der Waals surface area contributed by atoms with Gasteiger partial charge in [0.05, 0.1) is 11.8 Å². The molecule has 0 radical (unpaired) electrons. The second-order valence-electron chi connectivity index (χ2n) is 3.66. The lowest BCUT2D eigenvalue weighted by Gasteiger charge is -2.07. The molecule has 1 aromatic heterocycles. The molecule has 0 bridgehead atoms. The van der Waals surface area contributed by atoms with Crippen molar-refractivity contribution < 1.29 is 4.79 Å². The number of aromatic nitrogens is 2. The zero-order valence-electron chi connectivity index (χ0n) is 9.49. The van der Waals surface area contributed by atoms with Gasteiger partial charge in [-0.1, -0.05) is 12.1 Å². The van der Waals surface area contributed by atoms with E-state index >= 15 is 0 Å². The maximum Gasteiger partial charge on any atom is 0.257 e. The Kier molecular flexibility index (Phi) is 3.44. The van der Waals surface area contributed by atoms with Gasteiger partial charge in [0.15, 0.2) is 0 Å². The number of carbonyl (C=O) groups excluding carboxylic acids is 1. The molecule has 18 heavy (non-hydrogen) atoms. The number of amides is 1. The van der Waals surface area contributed by atoms with Crippen LogP contribution in [-0.4, -0.2) is 16.1 Å². The van der Waals surface area contributed by atoms with Gasteiger partial charge < -0.3 is 5.32 Å². The van der Waals surface area contributed by atoms with E-state index in [0.29, 0.717) is 16.9 Å². The number of hydrogen-bond acceptors (Lipinski definition) is 3. The second kappa shape index (κ2) is 5.02. The predicted molar refractivity (Wildman–Crippen MR) is 70.1 cm³/mol. The SMILES string of the molecule is Cc1cccc(C(=O)Nc2[nH]ncc2C#N)c1Br. The van der Waals surface area contributed by atoms with Crippen LogP contribution in [0.1, 0.15) is 21.5 Å². The predicted octanol–water partition coefficient (Wildman–Crippen LogP) is 2.60. The van der Waals surface area contributed by atoms with Crippen molar-refractivity contribution in [2.45, 2.75) is 6.92 Å². The van der Waals surface area contributed by atoms with E-state index in [1.807, 2.05) is 19.1 Å². The van der Waals surface area contributed by atoms with Crippen molar-refractivity contribution in [2.75, 3.05) is 5.32 Å². The Morgan fingerprint density at radius 2 is 2.33 bits per heavy atom. The largest absolute Gasteiger partial charge is 0.306 e. The Balaban J connectivity index is 2.29. The van der Waals surface area contributed by atoms with Gasteiger partial charge in [-0.05, 0) is 34.5 Å². The summed E-state index contributed by atoms with van der Waals surface area (Å²) >= 11 is 3.37. The van der Waals surface area contributed by atoms with Gasteiger partial charge in [-0.2, -0.15) is 10.4 Å². The van der Waals surface area contributed by atoms with Crippen molar-refractivity contribution in [1.82, 2.24) is 10.2 Å². The van der Waals surface area contributed by atoms with E-state index in [1.165, 1.54) is 6.20 Å². The standard InChI is InChI=1S/C12H9BrN4O/c1-7-3-2-4-9(10(7)13)12(18)16-11-8(5-14)6-15-17-11/h2-4,6H,1H3,(H2,15,16,17,18). The number of nitrogens with one attached hydrogen (secondary N) is 2. The first-order valence-electron chi connectivity index (χ1n) is 5.13. The van der Waals surface area contributed by atoms with Crippen LogP contribution in [0.5, 0.6) is 0 Å². The van der Waals surface area contributed by atoms with Gasteiger partial charge in [-0.25, -0.2) is 0 Å². The molecular weight excluding hydrogens is 296 g/mol. The first-order chi connectivity index (χ1) is 8.63. The topological polar surface area (TPSA) is 81.6 Å². The minimum absolute atomic E-state index is 0.298. The number of nitrogens with zero attached hydrogens (tertiary/aromatic N) is 2. The third kappa shape index (κ3) is 2.26. The summed E-state index contributed by atoms with van der Waals surface area (Å²) in [6.07, 6.45) is 1.36. The van der Waals surface area contributed by atoms with Crippen LogP contribution in [0, 0.1) is 18.3 Å². The number of carbonyl (C=O) groups is 1. The molecule has 2 rings (SSSR count). The number of aromatic amines is 1. The van der Waals surface area contributed by atoms with Crippen molar-refractivity contribution in [2.24, 2.45) is 0 Å². The van der Waals surface area contributed by atoms with Gasteiger partial charge in [0.1, 0.15) is 17.5 Å². The molecule has 2 aromatic rings. The third-order valence-electron chi connectivity index (χ3n) is 2.43. The number of benzene rings is 1. The molecule has 5 nitrogen and oxygen atoms in total. The minimum Gasteiger partial charge on any atom is -0.306 e. The van der Waals surface area contributed by atoms with E-state index in [-0.39, 0.29) is 5.91 Å². The molecule has 0 saturated heterocycles. The lowest BCUT2D eigenvalue weighted by Crippen LogP contribution is -2.14. The molecule has 2 N–H and O–H groups in total. The molecular formula is C12H9BrN4O. The molecule has 1 heterocycles. The maximum absolute atomic E-state index is 12.1. The number of anilines is 1. The molecule has 6 heteroatoms. The van der Waals surface area contributed by atoms with Crippen molar-refractivity contribution >= 4 is 27.7 Å². The van der Waals surface area contributed by atoms with Crippen LogP contribution in [0.15, 0.2) is 28.9 Å². The van der Waals surface area contributed by atoms with Gasteiger partial charge in [0, 0.05) is 4.47 Å². The monoisotopic (exact) mass is 304 g/mol. The zero-order chi connectivity index (χ0) is 13.1. The lowest BCUT2D eigenvalue weighted by atomic mass is 10.1. The van der Waals surface area contributed by atoms with E-state index in [9.17, 15) is 4.79 Å². The first-order valence-corrected chi connectivity index (χ1v) is 5.92. The Hall–Kier alpha value is -2.13. The van der Waals surface area contributed by atoms with Crippen LogP contribution in [0.3, 0.4) is 0 Å². The number of nitriles is 1. The smallest absolute Gasteiger partial charge is 0.257 e. The van der Waals surface area contributed by atoms with Crippen molar-refractivity contribution in [3.63, 3.8) is 0 Å². The highest BCUT2D eigenvalue weighted by Crippen LogP contribution is 2.22. The normalized spacial score (nSPS) is 9.83. The van der Waals surface area contributed by atoms with Gasteiger partial charge in [-0.3, -0.25) is 9.89 Å². The molecule has 1 amide bonds. The first kappa shape index (κ1) is 12.3. The average molecular weight is 305 g/mol. The van der Waals surface area contributed by atoms with E-state index in [2.05, 4.69) is 31.4 Å². The maximum atomic E-state index is 12.1. The molecule has 90 valence electrons. The molecule has 0 unspecified atom stereocenters. The number of H-pyrrole nitrogens is 1. The summed E-state index contributed by atoms with van der Waals surface area (Å²) in [7, 11) is 0. The summed E-state index contributed by atoms with van der Waals surface area (Å²) in [5.41, 5.74) is 1.77. The average Bonchev–Trinajstić information content (AvgIpc) is 2.79. The summed E-state index contributed by atoms with van der Waals surface area (Å²) in [6.45, 7) is 1.90. The molecule has 0 atom stereocenters. The van der Waals surface area contributed by atoms with E-state index in [4.69, 9.17) is 5.26 Å². The van der Waals surface area contributed by atoms with Crippen molar-refractivity contribution in [3.05, 3.63) is 45.6 Å². The van der Waals surface area contributed by atoms with Crippen LogP contribution in [-0.2, 0) is 0 Å². The number of hydrogen-bond donors (Lipinski definition) is 2. The molecule has 0 spiro atoms. The number of aryl methyl sites for hydroxylation is 1. The Morgan fingerprint density at radius 1 is 1.56 bits per heavy atom. The van der Waals surface area contributed by atoms with Crippen molar-refractivity contribution in [1.29, 1.82) is 5.26 Å². The third-order valence-corrected chi connectivity index (χ3v) is 3.49. The van der Waals surface area contributed by atoms with Crippen LogP contribution < -0.4 is 5.32 Å². The van der Waals surface area contributed by atoms with Crippen molar-refractivity contribution in [3.8, 4) is 6.07 Å². The highest BCUT2D eigenvalue weighted by molar-refractivity contribution is 9.10. The highest BCUT2D eigenvalue weighted by atomic mass is 79.9. The summed E-state index contributed by atoms with van der Waals surface area (Å²) in [5, 5.41) is 17.7. The Bertz CT molecular complexity index is 642. The van der Waals surface area contributed by atoms with Crippen LogP contribution in [0.4, 0.5) is 5.82 Å². The van der Waals surface area contributed by atoms with Gasteiger partial charge in [0.2, 0.25) is 0 Å². The lowest BCUT2D eigenvalue weighted by molar-refractivity contribution is 0.102. The summed E-state index contributed by atoms with van der Waals surface area (Å²) in [5.74, 6) is 0.00207. The van der Waals surface area contributed by atoms with Crippen LogP contribution in [0.25, 0.3) is 0 Å². The summed E-state index contributed by atoms with van der Waals surface area (Å²) in [6, 6.07) is 7.34. The van der Waals surface area contributed by atoms with Crippen LogP contribution in [0.2, 0.25) is 0 Å². The Labute approximate surface area is 112 Å². The summed E-state index contributed by atoms with van der Waals surface area (Å²) < 4.78 is 0.737. The molecule has 1 aromatic carbocycles. The molecule has 0 aliphatic carbocycles. The van der Waals surface area contributed by atoms with E-state index in [0.717, 1.165) is 10.0 Å². The Morgan fingerprint density at radius 3 is 3.06 bits per heavy atom. The van der Waals surface area contributed by atoms with E-state index < -0.39 is 0 Å². The fourth-order valence-electron chi connectivity index (χ4n) is 1.47. The van der Waals surface area contributed by atoms with Gasteiger partial charge in [-0.15, -0.1) is 0 Å². The van der Waals surface area contributed by atoms with Gasteiger partial charge >= 0.3 is 0 Å². The van der Waals surface area contributed by atoms with Crippen LogP contribution >= 0.6 is 15.9 Å².